The third kappa shape index (κ3) is 3.84. The lowest BCUT2D eigenvalue weighted by molar-refractivity contribution is -0.142. The lowest BCUT2D eigenvalue weighted by atomic mass is 10.4. The molecule has 1 aliphatic heterocycles. The molecule has 0 atom stereocenters. The molecule has 1 heterocycles. The van der Waals surface area contributed by atoms with Crippen molar-refractivity contribution >= 4 is 18.0 Å². The first-order valence-electron chi connectivity index (χ1n) is 4.50. The van der Waals surface area contributed by atoms with Gasteiger partial charge in [-0.3, -0.25) is 9.59 Å². The fourth-order valence-electron chi connectivity index (χ4n) is 1.19. The van der Waals surface area contributed by atoms with Gasteiger partial charge in [-0.05, 0) is 0 Å². The van der Waals surface area contributed by atoms with Crippen molar-refractivity contribution in [2.75, 3.05) is 26.2 Å². The zero-order chi connectivity index (χ0) is 11.3. The Kier molecular flexibility index (Phi) is 3.90. The normalized spacial score (nSPS) is 16.5. The van der Waals surface area contributed by atoms with Crippen LogP contribution in [0.2, 0.25) is 0 Å². The second kappa shape index (κ2) is 5.18. The van der Waals surface area contributed by atoms with Crippen molar-refractivity contribution in [1.82, 2.24) is 10.2 Å². The summed E-state index contributed by atoms with van der Waals surface area (Å²) in [7, 11) is 0. The predicted octanol–water partition coefficient (Wildman–Crippen LogP) is -0.971. The van der Waals surface area contributed by atoms with Crippen LogP contribution >= 0.6 is 0 Å². The highest BCUT2D eigenvalue weighted by atomic mass is 16.5. The summed E-state index contributed by atoms with van der Waals surface area (Å²) in [5.41, 5.74) is 0. The highest BCUT2D eigenvalue weighted by Crippen LogP contribution is 2.00. The number of carbonyl (C=O) groups excluding carboxylic acids is 2. The van der Waals surface area contributed by atoms with Crippen LogP contribution in [-0.2, 0) is 14.3 Å². The lowest BCUT2D eigenvalue weighted by Gasteiger charge is -2.18. The van der Waals surface area contributed by atoms with Crippen molar-refractivity contribution in [3.05, 3.63) is 0 Å². The second-order valence-electron chi connectivity index (χ2n) is 3.01. The topological polar surface area (TPSA) is 95.9 Å². The minimum absolute atomic E-state index is 0.152. The third-order valence-corrected chi connectivity index (χ3v) is 1.95. The van der Waals surface area contributed by atoms with Gasteiger partial charge in [0.2, 0.25) is 5.91 Å². The second-order valence-corrected chi connectivity index (χ2v) is 3.01. The molecule has 84 valence electrons. The molecule has 0 aromatic rings. The largest absolute Gasteiger partial charge is 0.465 e. The van der Waals surface area contributed by atoms with Crippen molar-refractivity contribution in [2.45, 2.75) is 6.42 Å². The van der Waals surface area contributed by atoms with E-state index in [0.29, 0.717) is 6.54 Å². The Morgan fingerprint density at radius 1 is 1.47 bits per heavy atom. The van der Waals surface area contributed by atoms with Gasteiger partial charge in [0, 0.05) is 6.54 Å². The average Bonchev–Trinajstić information content (AvgIpc) is 2.39. The molecule has 0 radical (unpaired) electrons. The SMILES string of the molecule is O=C(O)NCC(=O)N1CCOC(=O)CC1. The first-order chi connectivity index (χ1) is 7.09. The van der Waals surface area contributed by atoms with Gasteiger partial charge in [0.1, 0.15) is 13.2 Å². The summed E-state index contributed by atoms with van der Waals surface area (Å²) < 4.78 is 4.74. The molecule has 0 spiro atoms. The van der Waals surface area contributed by atoms with Gasteiger partial charge in [0.25, 0.3) is 0 Å². The van der Waals surface area contributed by atoms with Crippen LogP contribution in [-0.4, -0.2) is 54.2 Å². The van der Waals surface area contributed by atoms with Gasteiger partial charge in [-0.25, -0.2) is 4.79 Å². The van der Waals surface area contributed by atoms with Crippen molar-refractivity contribution in [1.29, 1.82) is 0 Å². The number of cyclic esters (lactones) is 1. The van der Waals surface area contributed by atoms with Crippen LogP contribution in [0.3, 0.4) is 0 Å². The smallest absolute Gasteiger partial charge is 0.405 e. The first kappa shape index (κ1) is 11.3. The quantitative estimate of drug-likeness (QED) is 0.579. The highest BCUT2D eigenvalue weighted by molar-refractivity contribution is 5.82. The van der Waals surface area contributed by atoms with Crippen LogP contribution in [0.5, 0.6) is 0 Å². The van der Waals surface area contributed by atoms with Gasteiger partial charge < -0.3 is 20.1 Å². The Hall–Kier alpha value is -1.79. The maximum atomic E-state index is 11.4. The van der Waals surface area contributed by atoms with E-state index in [1.807, 2.05) is 5.32 Å². The van der Waals surface area contributed by atoms with Gasteiger partial charge in [-0.2, -0.15) is 0 Å². The Labute approximate surface area is 86.0 Å². The average molecular weight is 216 g/mol. The third-order valence-electron chi connectivity index (χ3n) is 1.95. The van der Waals surface area contributed by atoms with Gasteiger partial charge in [0.15, 0.2) is 0 Å². The van der Waals surface area contributed by atoms with E-state index >= 15 is 0 Å². The fraction of sp³-hybridized carbons (Fsp3) is 0.625. The van der Waals surface area contributed by atoms with Crippen LogP contribution in [0, 0.1) is 0 Å². The Morgan fingerprint density at radius 2 is 2.20 bits per heavy atom. The summed E-state index contributed by atoms with van der Waals surface area (Å²) in [5, 5.41) is 10.3. The molecule has 1 fully saturated rings. The van der Waals surface area contributed by atoms with E-state index in [-0.39, 0.29) is 38.0 Å². The zero-order valence-electron chi connectivity index (χ0n) is 8.06. The number of hydrogen-bond acceptors (Lipinski definition) is 4. The van der Waals surface area contributed by atoms with Crippen LogP contribution in [0.1, 0.15) is 6.42 Å². The molecule has 0 bridgehead atoms. The molecule has 1 saturated heterocycles. The standard InChI is InChI=1S/C8H12N2O5/c11-6(5-9-8(13)14)10-2-1-7(12)15-4-3-10/h9H,1-5H2,(H,13,14). The van der Waals surface area contributed by atoms with Crippen molar-refractivity contribution in [2.24, 2.45) is 0 Å². The maximum Gasteiger partial charge on any atom is 0.405 e. The van der Waals surface area contributed by atoms with Crippen molar-refractivity contribution < 1.29 is 24.2 Å². The van der Waals surface area contributed by atoms with Gasteiger partial charge in [-0.1, -0.05) is 0 Å². The van der Waals surface area contributed by atoms with E-state index < -0.39 is 6.09 Å². The molecule has 7 nitrogen and oxygen atoms in total. The van der Waals surface area contributed by atoms with Crippen LogP contribution < -0.4 is 5.32 Å². The molecule has 2 amide bonds. The Morgan fingerprint density at radius 3 is 2.87 bits per heavy atom. The number of esters is 1. The van der Waals surface area contributed by atoms with Crippen LogP contribution in [0.4, 0.5) is 4.79 Å². The molecule has 0 aliphatic carbocycles. The van der Waals surface area contributed by atoms with Gasteiger partial charge >= 0.3 is 12.1 Å². The van der Waals surface area contributed by atoms with E-state index in [2.05, 4.69) is 0 Å². The van der Waals surface area contributed by atoms with E-state index in [0.717, 1.165) is 0 Å². The fourth-order valence-corrected chi connectivity index (χ4v) is 1.19. The van der Waals surface area contributed by atoms with Crippen molar-refractivity contribution in [3.8, 4) is 0 Å². The molecule has 2 N–H and O–H groups in total. The number of carboxylic acid groups (broad SMARTS) is 1. The molecule has 15 heavy (non-hydrogen) atoms. The molecule has 1 rings (SSSR count). The summed E-state index contributed by atoms with van der Waals surface area (Å²) in [5.74, 6) is -0.688. The summed E-state index contributed by atoms with van der Waals surface area (Å²) in [6, 6.07) is 0. The molecular weight excluding hydrogens is 204 g/mol. The van der Waals surface area contributed by atoms with Gasteiger partial charge in [-0.15, -0.1) is 0 Å². The summed E-state index contributed by atoms with van der Waals surface area (Å²) in [4.78, 5) is 33.8. The maximum absolute atomic E-state index is 11.4. The number of nitrogens with zero attached hydrogens (tertiary/aromatic N) is 1. The predicted molar refractivity (Wildman–Crippen MR) is 48.2 cm³/mol. The number of amides is 2. The number of rotatable bonds is 2. The molecule has 0 aromatic carbocycles. The number of nitrogens with one attached hydrogen (secondary N) is 1. The molecule has 0 unspecified atom stereocenters. The lowest BCUT2D eigenvalue weighted by Crippen LogP contribution is -2.40. The van der Waals surface area contributed by atoms with Crippen LogP contribution in [0.25, 0.3) is 0 Å². The Bertz CT molecular complexity index is 278. The molecule has 7 heteroatoms. The van der Waals surface area contributed by atoms with Crippen molar-refractivity contribution in [3.63, 3.8) is 0 Å². The van der Waals surface area contributed by atoms with Crippen LogP contribution in [0.15, 0.2) is 0 Å². The minimum Gasteiger partial charge on any atom is -0.465 e. The molecule has 1 aliphatic rings. The number of carbonyl (C=O) groups is 3. The number of hydrogen-bond donors (Lipinski definition) is 2. The van der Waals surface area contributed by atoms with E-state index in [9.17, 15) is 14.4 Å². The number of ether oxygens (including phenoxy) is 1. The zero-order valence-corrected chi connectivity index (χ0v) is 8.06. The highest BCUT2D eigenvalue weighted by Gasteiger charge is 2.19. The summed E-state index contributed by atoms with van der Waals surface area (Å²) in [6.07, 6.45) is -1.09. The first-order valence-corrected chi connectivity index (χ1v) is 4.50. The molecule has 0 aromatic heterocycles. The summed E-state index contributed by atoms with van der Waals surface area (Å²) in [6.45, 7) is 0.478. The van der Waals surface area contributed by atoms with E-state index in [1.54, 1.807) is 0 Å². The minimum atomic E-state index is -1.24. The van der Waals surface area contributed by atoms with E-state index in [4.69, 9.17) is 9.84 Å². The van der Waals surface area contributed by atoms with Gasteiger partial charge in [0.05, 0.1) is 13.0 Å². The van der Waals surface area contributed by atoms with E-state index in [1.165, 1.54) is 4.90 Å². The molecular formula is C8H12N2O5. The molecule has 0 saturated carbocycles. The Balaban J connectivity index is 2.38. The monoisotopic (exact) mass is 216 g/mol. The summed E-state index contributed by atoms with van der Waals surface area (Å²) >= 11 is 0.